The summed E-state index contributed by atoms with van der Waals surface area (Å²) in [7, 11) is -3.53. The fourth-order valence-corrected chi connectivity index (χ4v) is 3.50. The van der Waals surface area contributed by atoms with Crippen LogP contribution in [0.25, 0.3) is 0 Å². The highest BCUT2D eigenvalue weighted by molar-refractivity contribution is 7.89. The van der Waals surface area contributed by atoms with E-state index in [1.54, 1.807) is 26.0 Å². The smallest absolute Gasteiger partial charge is 0.251 e. The summed E-state index contributed by atoms with van der Waals surface area (Å²) in [6.07, 6.45) is 1.90. The monoisotopic (exact) mass is 312 g/mol. The number of nitrogens with zero attached hydrogens (tertiary/aromatic N) is 1. The Kier molecular flexibility index (Phi) is 6.84. The molecule has 1 aromatic rings. The molecule has 0 saturated carbocycles. The van der Waals surface area contributed by atoms with Crippen LogP contribution in [0.3, 0.4) is 0 Å². The topological polar surface area (TPSA) is 66.5 Å². The Bertz CT molecular complexity index is 566. The molecule has 0 unspecified atom stereocenters. The Morgan fingerprint density at radius 2 is 1.86 bits per heavy atom. The standard InChI is InChI=1S/C15H24N2O3S/c1-4-7-11-16-15(18)13-9-8-10-14(12-13)21(19,20)17(5-2)6-3/h8-10,12H,4-7,11H2,1-3H3,(H,16,18). The van der Waals surface area contributed by atoms with Crippen molar-refractivity contribution in [2.75, 3.05) is 19.6 Å². The molecule has 1 rings (SSSR count). The van der Waals surface area contributed by atoms with Crippen LogP contribution in [0.1, 0.15) is 44.0 Å². The molecule has 6 heteroatoms. The summed E-state index contributed by atoms with van der Waals surface area (Å²) < 4.78 is 26.2. The van der Waals surface area contributed by atoms with Gasteiger partial charge >= 0.3 is 0 Å². The molecule has 0 bridgehead atoms. The molecule has 0 spiro atoms. The summed E-state index contributed by atoms with van der Waals surface area (Å²) in [5, 5.41) is 2.79. The van der Waals surface area contributed by atoms with Crippen molar-refractivity contribution in [3.63, 3.8) is 0 Å². The minimum atomic E-state index is -3.53. The highest BCUT2D eigenvalue weighted by Crippen LogP contribution is 2.16. The van der Waals surface area contributed by atoms with E-state index >= 15 is 0 Å². The molecule has 0 fully saturated rings. The van der Waals surface area contributed by atoms with Gasteiger partial charge in [0.1, 0.15) is 0 Å². The average molecular weight is 312 g/mol. The zero-order valence-electron chi connectivity index (χ0n) is 12.9. The SMILES string of the molecule is CCCCNC(=O)c1cccc(S(=O)(=O)N(CC)CC)c1. The molecular weight excluding hydrogens is 288 g/mol. The van der Waals surface area contributed by atoms with Gasteiger partial charge in [-0.1, -0.05) is 33.3 Å². The summed E-state index contributed by atoms with van der Waals surface area (Å²) in [5.41, 5.74) is 0.374. The summed E-state index contributed by atoms with van der Waals surface area (Å²) in [6, 6.07) is 6.19. The van der Waals surface area contributed by atoms with Crippen molar-refractivity contribution < 1.29 is 13.2 Å². The van der Waals surface area contributed by atoms with Gasteiger partial charge in [-0.15, -0.1) is 0 Å². The summed E-state index contributed by atoms with van der Waals surface area (Å²) in [5.74, 6) is -0.236. The zero-order valence-corrected chi connectivity index (χ0v) is 13.7. The molecule has 21 heavy (non-hydrogen) atoms. The number of rotatable bonds is 8. The first kappa shape index (κ1) is 17.7. The molecule has 0 radical (unpaired) electrons. The lowest BCUT2D eigenvalue weighted by molar-refractivity contribution is 0.0953. The van der Waals surface area contributed by atoms with Gasteiger partial charge in [-0.2, -0.15) is 4.31 Å². The van der Waals surface area contributed by atoms with E-state index in [1.165, 1.54) is 16.4 Å². The van der Waals surface area contributed by atoms with Gasteiger partial charge in [0.15, 0.2) is 0 Å². The molecule has 5 nitrogen and oxygen atoms in total. The van der Waals surface area contributed by atoms with E-state index in [0.29, 0.717) is 25.2 Å². The lowest BCUT2D eigenvalue weighted by Crippen LogP contribution is -2.31. The number of hydrogen-bond acceptors (Lipinski definition) is 3. The number of sulfonamides is 1. The van der Waals surface area contributed by atoms with Gasteiger partial charge in [-0.3, -0.25) is 4.79 Å². The number of nitrogens with one attached hydrogen (secondary N) is 1. The predicted molar refractivity (Wildman–Crippen MR) is 83.8 cm³/mol. The van der Waals surface area contributed by atoms with Crippen LogP contribution in [0.4, 0.5) is 0 Å². The second kappa shape index (κ2) is 8.14. The highest BCUT2D eigenvalue weighted by Gasteiger charge is 2.22. The van der Waals surface area contributed by atoms with E-state index < -0.39 is 10.0 Å². The molecule has 1 N–H and O–H groups in total. The molecule has 0 aromatic heterocycles. The number of carbonyl (C=O) groups is 1. The molecule has 118 valence electrons. The van der Waals surface area contributed by atoms with Gasteiger partial charge in [0.05, 0.1) is 4.90 Å². The summed E-state index contributed by atoms with van der Waals surface area (Å²) in [6.45, 7) is 7.05. The van der Waals surface area contributed by atoms with Crippen LogP contribution < -0.4 is 5.32 Å². The van der Waals surface area contributed by atoms with Gasteiger partial charge in [-0.05, 0) is 24.6 Å². The predicted octanol–water partition coefficient (Wildman–Crippen LogP) is 2.25. The van der Waals surface area contributed by atoms with Crippen molar-refractivity contribution in [2.45, 2.75) is 38.5 Å². The van der Waals surface area contributed by atoms with Crippen molar-refractivity contribution in [1.82, 2.24) is 9.62 Å². The zero-order chi connectivity index (χ0) is 15.9. The molecule has 0 aliphatic heterocycles. The number of unbranched alkanes of at least 4 members (excludes halogenated alkanes) is 1. The minimum absolute atomic E-state index is 0.161. The Hall–Kier alpha value is -1.40. The average Bonchev–Trinajstić information content (AvgIpc) is 2.48. The quantitative estimate of drug-likeness (QED) is 0.749. The third-order valence-corrected chi connectivity index (χ3v) is 5.30. The van der Waals surface area contributed by atoms with Crippen molar-refractivity contribution in [1.29, 1.82) is 0 Å². The normalized spacial score (nSPS) is 11.6. The van der Waals surface area contributed by atoms with Gasteiger partial charge in [0, 0.05) is 25.2 Å². The molecule has 0 atom stereocenters. The van der Waals surface area contributed by atoms with Crippen molar-refractivity contribution in [3.8, 4) is 0 Å². The van der Waals surface area contributed by atoms with Crippen LogP contribution in [0.15, 0.2) is 29.2 Å². The number of hydrogen-bond donors (Lipinski definition) is 1. The van der Waals surface area contributed by atoms with E-state index in [0.717, 1.165) is 12.8 Å². The Morgan fingerprint density at radius 1 is 1.19 bits per heavy atom. The molecular formula is C15H24N2O3S. The highest BCUT2D eigenvalue weighted by atomic mass is 32.2. The minimum Gasteiger partial charge on any atom is -0.352 e. The Balaban J connectivity index is 2.97. The first-order valence-corrected chi connectivity index (χ1v) is 8.79. The third kappa shape index (κ3) is 4.54. The Morgan fingerprint density at radius 3 is 2.43 bits per heavy atom. The molecule has 1 aromatic carbocycles. The first-order valence-electron chi connectivity index (χ1n) is 7.35. The number of carbonyl (C=O) groups excluding carboxylic acids is 1. The van der Waals surface area contributed by atoms with E-state index in [-0.39, 0.29) is 10.8 Å². The van der Waals surface area contributed by atoms with Crippen molar-refractivity contribution in [2.24, 2.45) is 0 Å². The van der Waals surface area contributed by atoms with Crippen LogP contribution >= 0.6 is 0 Å². The van der Waals surface area contributed by atoms with Crippen molar-refractivity contribution >= 4 is 15.9 Å². The Labute approximate surface area is 127 Å². The van der Waals surface area contributed by atoms with Crippen LogP contribution in [0.5, 0.6) is 0 Å². The number of amides is 1. The maximum atomic E-state index is 12.4. The molecule has 0 aliphatic rings. The lowest BCUT2D eigenvalue weighted by atomic mass is 10.2. The number of benzene rings is 1. The van der Waals surface area contributed by atoms with Crippen LogP contribution in [-0.2, 0) is 10.0 Å². The second-order valence-corrected chi connectivity index (χ2v) is 6.66. The third-order valence-electron chi connectivity index (χ3n) is 3.26. The summed E-state index contributed by atoms with van der Waals surface area (Å²) >= 11 is 0. The lowest BCUT2D eigenvalue weighted by Gasteiger charge is -2.18. The maximum absolute atomic E-state index is 12.4. The summed E-state index contributed by atoms with van der Waals surface area (Å²) in [4.78, 5) is 12.1. The van der Waals surface area contributed by atoms with Gasteiger partial charge < -0.3 is 5.32 Å². The fourth-order valence-electron chi connectivity index (χ4n) is 1.99. The van der Waals surface area contributed by atoms with E-state index in [9.17, 15) is 13.2 Å². The molecule has 1 amide bonds. The van der Waals surface area contributed by atoms with Crippen LogP contribution in [0.2, 0.25) is 0 Å². The molecule has 0 heterocycles. The first-order chi connectivity index (χ1) is 9.97. The van der Waals surface area contributed by atoms with Gasteiger partial charge in [0.2, 0.25) is 10.0 Å². The van der Waals surface area contributed by atoms with Crippen LogP contribution in [0, 0.1) is 0 Å². The van der Waals surface area contributed by atoms with E-state index in [2.05, 4.69) is 5.32 Å². The van der Waals surface area contributed by atoms with E-state index in [4.69, 9.17) is 0 Å². The van der Waals surface area contributed by atoms with E-state index in [1.807, 2.05) is 6.92 Å². The van der Waals surface area contributed by atoms with Crippen molar-refractivity contribution in [3.05, 3.63) is 29.8 Å². The van der Waals surface area contributed by atoms with Gasteiger partial charge in [0.25, 0.3) is 5.91 Å². The second-order valence-electron chi connectivity index (χ2n) is 4.73. The molecule has 0 aliphatic carbocycles. The van der Waals surface area contributed by atoms with Gasteiger partial charge in [-0.25, -0.2) is 8.42 Å². The molecule has 0 saturated heterocycles. The maximum Gasteiger partial charge on any atom is 0.251 e. The largest absolute Gasteiger partial charge is 0.352 e. The fraction of sp³-hybridized carbons (Fsp3) is 0.533. The van der Waals surface area contributed by atoms with Crippen LogP contribution in [-0.4, -0.2) is 38.3 Å².